The van der Waals surface area contributed by atoms with Crippen LogP contribution in [0.4, 0.5) is 10.1 Å². The minimum atomic E-state index is -0.513. The van der Waals surface area contributed by atoms with Crippen LogP contribution < -0.4 is 4.90 Å². The molecule has 2 aliphatic heterocycles. The van der Waals surface area contributed by atoms with Crippen LogP contribution in [0, 0.1) is 5.82 Å². The number of carbonyl (C=O) groups excluding carboxylic acids is 1. The minimum absolute atomic E-state index is 0.0191. The lowest BCUT2D eigenvalue weighted by atomic mass is 10.2. The molecule has 8 heteroatoms. The summed E-state index contributed by atoms with van der Waals surface area (Å²) in [5, 5.41) is 2.50. The fourth-order valence-corrected chi connectivity index (χ4v) is 5.86. The molecule has 2 fully saturated rings. The molecule has 4 rings (SSSR count). The van der Waals surface area contributed by atoms with Gasteiger partial charge in [0.1, 0.15) is 17.2 Å². The fraction of sp³-hybridized carbons (Fsp3) is 0.200. The second kappa shape index (κ2) is 5.73. The van der Waals surface area contributed by atoms with E-state index in [1.807, 2.05) is 16.3 Å². The minimum Gasteiger partial charge on any atom is -0.319 e. The molecule has 0 saturated carbocycles. The molecule has 2 atom stereocenters. The van der Waals surface area contributed by atoms with Crippen LogP contribution in [-0.2, 0) is 4.79 Å². The van der Waals surface area contributed by atoms with E-state index < -0.39 is 5.82 Å². The normalized spacial score (nSPS) is 23.7. The van der Waals surface area contributed by atoms with Gasteiger partial charge in [-0.3, -0.25) is 9.69 Å². The Morgan fingerprint density at radius 2 is 2.17 bits per heavy atom. The standard InChI is InChI=1S/C15H10ClFN2OS3/c16-9-6-8(3-4-10(9)17)18-13(20)11-7-23-14(19(11)15(18)21)12-2-1-5-22-12/h1-6,11,14H,7H2/t11-,14?/m1/s1. The first-order valence-electron chi connectivity index (χ1n) is 6.84. The first-order chi connectivity index (χ1) is 11.1. The smallest absolute Gasteiger partial charge is 0.257 e. The zero-order chi connectivity index (χ0) is 16.1. The predicted octanol–water partition coefficient (Wildman–Crippen LogP) is 4.29. The van der Waals surface area contributed by atoms with E-state index in [-0.39, 0.29) is 22.3 Å². The first-order valence-corrected chi connectivity index (χ1v) is 9.55. The third-order valence-corrected chi connectivity index (χ3v) is 6.93. The van der Waals surface area contributed by atoms with Gasteiger partial charge in [-0.2, -0.15) is 0 Å². The van der Waals surface area contributed by atoms with Crippen LogP contribution in [0.1, 0.15) is 10.3 Å². The molecule has 1 aromatic carbocycles. The zero-order valence-electron chi connectivity index (χ0n) is 11.6. The topological polar surface area (TPSA) is 23.6 Å². The third-order valence-electron chi connectivity index (χ3n) is 3.87. The Balaban J connectivity index is 1.71. The summed E-state index contributed by atoms with van der Waals surface area (Å²) in [4.78, 5) is 17.4. The zero-order valence-corrected chi connectivity index (χ0v) is 14.8. The number of benzene rings is 1. The summed E-state index contributed by atoms with van der Waals surface area (Å²) in [7, 11) is 0. The molecule has 1 amide bonds. The number of anilines is 1. The van der Waals surface area contributed by atoms with Gasteiger partial charge < -0.3 is 4.90 Å². The van der Waals surface area contributed by atoms with Crippen molar-refractivity contribution in [3.8, 4) is 0 Å². The van der Waals surface area contributed by atoms with Crippen LogP contribution in [0.15, 0.2) is 35.7 Å². The highest BCUT2D eigenvalue weighted by atomic mass is 35.5. The highest BCUT2D eigenvalue weighted by molar-refractivity contribution is 8.00. The highest BCUT2D eigenvalue weighted by Crippen LogP contribution is 2.47. The van der Waals surface area contributed by atoms with E-state index in [4.69, 9.17) is 23.8 Å². The molecule has 2 aliphatic rings. The summed E-state index contributed by atoms with van der Waals surface area (Å²) in [6, 6.07) is 7.99. The van der Waals surface area contributed by atoms with E-state index in [0.29, 0.717) is 16.6 Å². The van der Waals surface area contributed by atoms with Gasteiger partial charge in [-0.1, -0.05) is 17.7 Å². The number of rotatable bonds is 2. The summed E-state index contributed by atoms with van der Waals surface area (Å²) in [6.07, 6.45) is 0. The van der Waals surface area contributed by atoms with E-state index in [0.717, 1.165) is 0 Å². The maximum absolute atomic E-state index is 13.4. The Morgan fingerprint density at radius 3 is 2.87 bits per heavy atom. The maximum atomic E-state index is 13.4. The van der Waals surface area contributed by atoms with Gasteiger partial charge >= 0.3 is 0 Å². The molecule has 0 aliphatic carbocycles. The van der Waals surface area contributed by atoms with Crippen molar-refractivity contribution in [1.29, 1.82) is 0 Å². The molecule has 1 unspecified atom stereocenters. The van der Waals surface area contributed by atoms with Gasteiger partial charge in [-0.05, 0) is 41.9 Å². The number of carbonyl (C=O) groups is 1. The SMILES string of the molecule is O=C1[C@H]2CSC(c3cccs3)N2C(=S)N1c1ccc(F)c(Cl)c1. The summed E-state index contributed by atoms with van der Waals surface area (Å²) < 4.78 is 13.4. The second-order valence-corrected chi connectivity index (χ2v) is 8.04. The molecular weight excluding hydrogens is 375 g/mol. The van der Waals surface area contributed by atoms with E-state index in [9.17, 15) is 9.18 Å². The first kappa shape index (κ1) is 15.4. The van der Waals surface area contributed by atoms with Gasteiger partial charge in [0, 0.05) is 10.6 Å². The van der Waals surface area contributed by atoms with Crippen LogP contribution in [0.5, 0.6) is 0 Å². The molecule has 1 aromatic heterocycles. The lowest BCUT2D eigenvalue weighted by Crippen LogP contribution is -2.33. The van der Waals surface area contributed by atoms with Crippen LogP contribution >= 0.6 is 46.9 Å². The average molecular weight is 385 g/mol. The average Bonchev–Trinajstić information content (AvgIpc) is 3.22. The van der Waals surface area contributed by atoms with E-state index in [1.54, 1.807) is 23.1 Å². The molecule has 23 heavy (non-hydrogen) atoms. The lowest BCUT2D eigenvalue weighted by molar-refractivity contribution is -0.119. The quantitative estimate of drug-likeness (QED) is 0.721. The number of thiophene rings is 1. The Labute approximate surface area is 151 Å². The van der Waals surface area contributed by atoms with E-state index >= 15 is 0 Å². The number of fused-ring (bicyclic) bond motifs is 1. The molecule has 3 heterocycles. The van der Waals surface area contributed by atoms with Crippen molar-refractivity contribution >= 4 is 63.6 Å². The summed E-state index contributed by atoms with van der Waals surface area (Å²) in [5.74, 6) is 0.0946. The molecule has 2 aromatic rings. The monoisotopic (exact) mass is 384 g/mol. The van der Waals surface area contributed by atoms with Crippen molar-refractivity contribution in [3.05, 3.63) is 51.4 Å². The number of nitrogens with zero attached hydrogens (tertiary/aromatic N) is 2. The van der Waals surface area contributed by atoms with Gasteiger partial charge in [-0.15, -0.1) is 23.1 Å². The van der Waals surface area contributed by atoms with Crippen molar-refractivity contribution in [2.45, 2.75) is 11.4 Å². The van der Waals surface area contributed by atoms with Gasteiger partial charge in [0.2, 0.25) is 0 Å². The van der Waals surface area contributed by atoms with Crippen LogP contribution in [-0.4, -0.2) is 27.7 Å². The van der Waals surface area contributed by atoms with Crippen molar-refractivity contribution in [2.24, 2.45) is 0 Å². The van der Waals surface area contributed by atoms with Crippen LogP contribution in [0.25, 0.3) is 0 Å². The number of hydrogen-bond donors (Lipinski definition) is 0. The van der Waals surface area contributed by atoms with Gasteiger partial charge in [0.25, 0.3) is 5.91 Å². The molecule has 3 nitrogen and oxygen atoms in total. The maximum Gasteiger partial charge on any atom is 0.257 e. The summed E-state index contributed by atoms with van der Waals surface area (Å²) in [6.45, 7) is 0. The Hall–Kier alpha value is -1.15. The number of amides is 1. The summed E-state index contributed by atoms with van der Waals surface area (Å²) in [5.41, 5.74) is 0.510. The number of hydrogen-bond acceptors (Lipinski definition) is 4. The Bertz CT molecular complexity index is 798. The van der Waals surface area contributed by atoms with Gasteiger partial charge in [0.05, 0.1) is 10.7 Å². The fourth-order valence-electron chi connectivity index (χ4n) is 2.80. The Morgan fingerprint density at radius 1 is 1.35 bits per heavy atom. The van der Waals surface area contributed by atoms with Crippen molar-refractivity contribution in [2.75, 3.05) is 10.7 Å². The molecule has 0 N–H and O–H groups in total. The number of thiocarbonyl (C=S) groups is 1. The lowest BCUT2D eigenvalue weighted by Gasteiger charge is -2.24. The largest absolute Gasteiger partial charge is 0.319 e. The van der Waals surface area contributed by atoms with Crippen molar-refractivity contribution in [3.63, 3.8) is 0 Å². The molecule has 0 bridgehead atoms. The predicted molar refractivity (Wildman–Crippen MR) is 96.6 cm³/mol. The van der Waals surface area contributed by atoms with Crippen molar-refractivity contribution in [1.82, 2.24) is 4.90 Å². The van der Waals surface area contributed by atoms with Gasteiger partial charge in [0.15, 0.2) is 5.11 Å². The van der Waals surface area contributed by atoms with Crippen LogP contribution in [0.3, 0.4) is 0 Å². The molecule has 0 spiro atoms. The molecule has 2 saturated heterocycles. The van der Waals surface area contributed by atoms with E-state index in [1.165, 1.54) is 28.0 Å². The van der Waals surface area contributed by atoms with Crippen LogP contribution in [0.2, 0.25) is 5.02 Å². The molecule has 118 valence electrons. The van der Waals surface area contributed by atoms with E-state index in [2.05, 4.69) is 6.07 Å². The van der Waals surface area contributed by atoms with Crippen molar-refractivity contribution < 1.29 is 9.18 Å². The molecular formula is C15H10ClFN2OS3. The Kier molecular flexibility index (Phi) is 3.84. The number of thioether (sulfide) groups is 1. The second-order valence-electron chi connectivity index (χ2n) is 5.18. The van der Waals surface area contributed by atoms with Gasteiger partial charge in [-0.25, -0.2) is 4.39 Å². The summed E-state index contributed by atoms with van der Waals surface area (Å²) >= 11 is 14.8. The number of halogens is 2. The third kappa shape index (κ3) is 2.38. The highest BCUT2D eigenvalue weighted by Gasteiger charge is 2.51. The molecule has 0 radical (unpaired) electrons.